The minimum atomic E-state index is -4.49. The lowest BCUT2D eigenvalue weighted by Crippen LogP contribution is -2.63. The first-order valence-electron chi connectivity index (χ1n) is 5.59. The van der Waals surface area contributed by atoms with Crippen LogP contribution in [0.5, 0.6) is 0 Å². The van der Waals surface area contributed by atoms with Crippen LogP contribution in [0.4, 0.5) is 18.0 Å². The van der Waals surface area contributed by atoms with Crippen molar-refractivity contribution in [3.63, 3.8) is 0 Å². The van der Waals surface area contributed by atoms with Crippen LogP contribution >= 0.6 is 0 Å². The maximum Gasteiger partial charge on any atom is 0.412 e. The monoisotopic (exact) mass is 253 g/mol. The number of carbonyl (C=O) groups excluding carboxylic acids is 1. The van der Waals surface area contributed by atoms with Crippen LogP contribution in [0.15, 0.2) is 0 Å². The number of halogens is 3. The van der Waals surface area contributed by atoms with Gasteiger partial charge in [-0.1, -0.05) is 0 Å². The predicted octanol–water partition coefficient (Wildman–Crippen LogP) is 1.46. The van der Waals surface area contributed by atoms with Crippen molar-refractivity contribution in [3.8, 4) is 0 Å². The fraction of sp³-hybridized carbons (Fsp3) is 0.900. The molecule has 0 aromatic carbocycles. The number of hydrogen-bond donors (Lipinski definition) is 2. The molecule has 1 saturated heterocycles. The molecular formula is C10H18F3N3O. The predicted molar refractivity (Wildman–Crippen MR) is 57.4 cm³/mol. The van der Waals surface area contributed by atoms with Crippen molar-refractivity contribution >= 4 is 6.03 Å². The third kappa shape index (κ3) is 2.48. The molecule has 0 aromatic heterocycles. The number of carbonyl (C=O) groups is 1. The molecule has 0 aromatic rings. The zero-order chi connectivity index (χ0) is 13.3. The summed E-state index contributed by atoms with van der Waals surface area (Å²) < 4.78 is 39.2. The highest BCUT2D eigenvalue weighted by Gasteiger charge is 2.61. The number of nitrogens with two attached hydrogens (primary N) is 1. The quantitative estimate of drug-likeness (QED) is 0.782. The van der Waals surface area contributed by atoms with Crippen molar-refractivity contribution < 1.29 is 18.0 Å². The molecule has 0 aliphatic carbocycles. The van der Waals surface area contributed by atoms with Crippen molar-refractivity contribution in [1.82, 2.24) is 10.2 Å². The molecule has 1 rings (SSSR count). The summed E-state index contributed by atoms with van der Waals surface area (Å²) in [6, 6.07) is -0.896. The van der Waals surface area contributed by atoms with Crippen LogP contribution in [0.25, 0.3) is 0 Å². The maximum absolute atomic E-state index is 13.1. The number of urea groups is 1. The van der Waals surface area contributed by atoms with Crippen LogP contribution in [-0.2, 0) is 0 Å². The Morgan fingerprint density at radius 1 is 1.53 bits per heavy atom. The molecule has 1 unspecified atom stereocenters. The molecule has 1 atom stereocenters. The van der Waals surface area contributed by atoms with E-state index in [9.17, 15) is 18.0 Å². The highest BCUT2D eigenvalue weighted by atomic mass is 19.4. The fourth-order valence-corrected chi connectivity index (χ4v) is 2.12. The van der Waals surface area contributed by atoms with E-state index < -0.39 is 24.3 Å². The van der Waals surface area contributed by atoms with Gasteiger partial charge in [-0.3, -0.25) is 0 Å². The second kappa shape index (κ2) is 4.72. The van der Waals surface area contributed by atoms with E-state index in [2.05, 4.69) is 5.32 Å². The van der Waals surface area contributed by atoms with Gasteiger partial charge >= 0.3 is 12.2 Å². The number of likely N-dealkylation sites (tertiary alicyclic amines) is 1. The number of nitrogens with one attached hydrogen (secondary N) is 1. The first-order valence-corrected chi connectivity index (χ1v) is 5.59. The summed E-state index contributed by atoms with van der Waals surface area (Å²) in [5.41, 5.74) is 3.07. The Morgan fingerprint density at radius 3 is 2.53 bits per heavy atom. The summed E-state index contributed by atoms with van der Waals surface area (Å²) in [5.74, 6) is 0. The highest BCUT2D eigenvalue weighted by Crippen LogP contribution is 2.42. The van der Waals surface area contributed by atoms with Gasteiger partial charge in [0, 0.05) is 19.1 Å². The molecule has 0 radical (unpaired) electrons. The maximum atomic E-state index is 13.1. The highest BCUT2D eigenvalue weighted by molar-refractivity contribution is 5.76. The van der Waals surface area contributed by atoms with Gasteiger partial charge < -0.3 is 16.0 Å². The largest absolute Gasteiger partial charge is 0.412 e. The smallest absolute Gasteiger partial charge is 0.336 e. The minimum Gasteiger partial charge on any atom is -0.336 e. The first-order chi connectivity index (χ1) is 7.74. The summed E-state index contributed by atoms with van der Waals surface area (Å²) in [4.78, 5) is 12.6. The van der Waals surface area contributed by atoms with E-state index in [-0.39, 0.29) is 19.0 Å². The van der Waals surface area contributed by atoms with Crippen molar-refractivity contribution in [2.75, 3.05) is 13.1 Å². The second-order valence-corrected chi connectivity index (χ2v) is 4.59. The average molecular weight is 253 g/mol. The van der Waals surface area contributed by atoms with Gasteiger partial charge in [-0.2, -0.15) is 13.2 Å². The Labute approximate surface area is 98.3 Å². The van der Waals surface area contributed by atoms with E-state index in [1.807, 2.05) is 0 Å². The van der Waals surface area contributed by atoms with E-state index in [1.165, 1.54) is 0 Å². The van der Waals surface area contributed by atoms with E-state index in [0.29, 0.717) is 6.42 Å². The molecule has 7 heteroatoms. The van der Waals surface area contributed by atoms with Gasteiger partial charge in [0.1, 0.15) is 0 Å². The lowest BCUT2D eigenvalue weighted by atomic mass is 9.95. The molecule has 2 amide bonds. The Kier molecular flexibility index (Phi) is 3.91. The molecule has 0 saturated carbocycles. The van der Waals surface area contributed by atoms with Crippen molar-refractivity contribution in [2.45, 2.75) is 44.4 Å². The van der Waals surface area contributed by atoms with Crippen molar-refractivity contribution in [2.24, 2.45) is 5.73 Å². The summed E-state index contributed by atoms with van der Waals surface area (Å²) in [6.07, 6.45) is -4.30. The van der Waals surface area contributed by atoms with Crippen LogP contribution < -0.4 is 11.1 Å². The number of nitrogens with zero attached hydrogens (tertiary/aromatic N) is 1. The zero-order valence-electron chi connectivity index (χ0n) is 9.97. The lowest BCUT2D eigenvalue weighted by Gasteiger charge is -2.39. The zero-order valence-corrected chi connectivity index (χ0v) is 9.97. The molecule has 3 N–H and O–H groups in total. The normalized spacial score (nSPS) is 25.5. The van der Waals surface area contributed by atoms with E-state index >= 15 is 0 Å². The molecule has 1 heterocycles. The molecule has 1 aliphatic rings. The van der Waals surface area contributed by atoms with Gasteiger partial charge in [-0.05, 0) is 26.7 Å². The molecule has 17 heavy (non-hydrogen) atoms. The topological polar surface area (TPSA) is 58.4 Å². The van der Waals surface area contributed by atoms with Gasteiger partial charge in [0.15, 0.2) is 5.54 Å². The molecule has 0 spiro atoms. The van der Waals surface area contributed by atoms with Crippen LogP contribution in [0.1, 0.15) is 26.7 Å². The molecule has 1 fully saturated rings. The molecule has 0 bridgehead atoms. The number of alkyl halides is 3. The van der Waals surface area contributed by atoms with E-state index in [1.54, 1.807) is 13.8 Å². The summed E-state index contributed by atoms with van der Waals surface area (Å²) in [5, 5.41) is 2.48. The average Bonchev–Trinajstić information content (AvgIpc) is 2.59. The Balaban J connectivity index is 2.94. The Morgan fingerprint density at radius 2 is 2.12 bits per heavy atom. The van der Waals surface area contributed by atoms with E-state index in [4.69, 9.17) is 5.73 Å². The third-order valence-corrected chi connectivity index (χ3v) is 3.01. The van der Waals surface area contributed by atoms with Crippen molar-refractivity contribution in [3.05, 3.63) is 0 Å². The van der Waals surface area contributed by atoms with Gasteiger partial charge in [-0.15, -0.1) is 0 Å². The first kappa shape index (κ1) is 14.1. The minimum absolute atomic E-state index is 0.0925. The van der Waals surface area contributed by atoms with Crippen molar-refractivity contribution in [1.29, 1.82) is 0 Å². The molecular weight excluding hydrogens is 235 g/mol. The van der Waals surface area contributed by atoms with Crippen LogP contribution in [0, 0.1) is 0 Å². The fourth-order valence-electron chi connectivity index (χ4n) is 2.12. The lowest BCUT2D eigenvalue weighted by molar-refractivity contribution is -0.211. The Bertz CT molecular complexity index is 293. The summed E-state index contributed by atoms with van der Waals surface area (Å²) in [7, 11) is 0. The summed E-state index contributed by atoms with van der Waals surface area (Å²) in [6.45, 7) is 2.90. The molecule has 1 aliphatic heterocycles. The molecule has 100 valence electrons. The second-order valence-electron chi connectivity index (χ2n) is 4.59. The number of rotatable bonds is 2. The standard InChI is InChI=1S/C10H18F3N3O/c1-7(2)15-8(17)16-5-3-4-9(16,6-14)10(11,12)13/h7H,3-6,14H2,1-2H3,(H,15,17). The van der Waals surface area contributed by atoms with Crippen LogP contribution in [0.3, 0.4) is 0 Å². The number of hydrogen-bond acceptors (Lipinski definition) is 2. The summed E-state index contributed by atoms with van der Waals surface area (Å²) >= 11 is 0. The molecule has 4 nitrogen and oxygen atoms in total. The van der Waals surface area contributed by atoms with Gasteiger partial charge in [0.25, 0.3) is 0 Å². The van der Waals surface area contributed by atoms with Gasteiger partial charge in [0.05, 0.1) is 0 Å². The van der Waals surface area contributed by atoms with Crippen LogP contribution in [0.2, 0.25) is 0 Å². The Hall–Kier alpha value is -0.980. The van der Waals surface area contributed by atoms with Gasteiger partial charge in [-0.25, -0.2) is 4.79 Å². The van der Waals surface area contributed by atoms with Gasteiger partial charge in [0.2, 0.25) is 0 Å². The number of amides is 2. The third-order valence-electron chi connectivity index (χ3n) is 3.01. The van der Waals surface area contributed by atoms with E-state index in [0.717, 1.165) is 4.90 Å². The SMILES string of the molecule is CC(C)NC(=O)N1CCCC1(CN)C(F)(F)F. The van der Waals surface area contributed by atoms with Crippen LogP contribution in [-0.4, -0.2) is 41.8 Å².